The Morgan fingerprint density at radius 1 is 1.23 bits per heavy atom. The number of hydrogen-bond acceptors (Lipinski definition) is 9. The van der Waals surface area contributed by atoms with Gasteiger partial charge in [0, 0.05) is 19.2 Å². The number of sulfone groups is 1. The van der Waals surface area contributed by atoms with Crippen molar-refractivity contribution < 1.29 is 31.1 Å². The summed E-state index contributed by atoms with van der Waals surface area (Å²) in [6.45, 7) is -0.363. The molecule has 2 aromatic rings. The van der Waals surface area contributed by atoms with Gasteiger partial charge in [0.25, 0.3) is 0 Å². The number of hydrogen-bond donors (Lipinski definition) is 1. The standard InChI is InChI=1S/C21H17F3N6O4S/c22-21(23,24)14-3-1-2-4-15(14)35(32,33)13-9-18(34-19(31)29-20(12-26)6-7-20)30(11-13)17-5-8-27-16(10-25)28-17/h1-5,8,13,18H,6-7,9,11H2,(H,29,31)/t13-,18-/m0/s1. The molecule has 0 spiro atoms. The number of benzene rings is 1. The van der Waals surface area contributed by atoms with Gasteiger partial charge in [0.1, 0.15) is 17.4 Å². The molecule has 2 heterocycles. The molecule has 1 N–H and O–H groups in total. The van der Waals surface area contributed by atoms with Gasteiger partial charge in [-0.05, 0) is 31.0 Å². The van der Waals surface area contributed by atoms with E-state index in [0.29, 0.717) is 18.9 Å². The number of nitriles is 2. The van der Waals surface area contributed by atoms with E-state index in [9.17, 15) is 31.6 Å². The van der Waals surface area contributed by atoms with E-state index in [4.69, 9.17) is 10.00 Å². The fourth-order valence-corrected chi connectivity index (χ4v) is 5.66. The van der Waals surface area contributed by atoms with Crippen LogP contribution in [0.1, 0.15) is 30.7 Å². The second-order valence-electron chi connectivity index (χ2n) is 8.08. The van der Waals surface area contributed by atoms with Crippen molar-refractivity contribution in [2.24, 2.45) is 0 Å². The van der Waals surface area contributed by atoms with Gasteiger partial charge < -0.3 is 15.0 Å². The van der Waals surface area contributed by atoms with Crippen molar-refractivity contribution in [2.45, 2.75) is 47.4 Å². The number of amides is 1. The number of carbonyl (C=O) groups excluding carboxylic acids is 1. The predicted molar refractivity (Wildman–Crippen MR) is 112 cm³/mol. The maximum Gasteiger partial charge on any atom is 0.417 e. The van der Waals surface area contributed by atoms with E-state index in [1.165, 1.54) is 23.2 Å². The number of rotatable bonds is 5. The summed E-state index contributed by atoms with van der Waals surface area (Å²) in [5.74, 6) is -0.182. The summed E-state index contributed by atoms with van der Waals surface area (Å²) in [5.41, 5.74) is -2.35. The third kappa shape index (κ3) is 4.83. The van der Waals surface area contributed by atoms with Crippen LogP contribution in [0.4, 0.5) is 23.8 Å². The highest BCUT2D eigenvalue weighted by Gasteiger charge is 2.48. The van der Waals surface area contributed by atoms with Crippen LogP contribution in [-0.2, 0) is 20.8 Å². The van der Waals surface area contributed by atoms with Crippen LogP contribution in [0.25, 0.3) is 0 Å². The average Bonchev–Trinajstić information content (AvgIpc) is 3.47. The lowest BCUT2D eigenvalue weighted by Gasteiger charge is -2.25. The van der Waals surface area contributed by atoms with E-state index in [1.54, 1.807) is 6.07 Å². The summed E-state index contributed by atoms with van der Waals surface area (Å²) in [7, 11) is -4.54. The zero-order chi connectivity index (χ0) is 25.4. The van der Waals surface area contributed by atoms with Gasteiger partial charge in [0.05, 0.1) is 21.8 Å². The second-order valence-corrected chi connectivity index (χ2v) is 10.3. The van der Waals surface area contributed by atoms with Crippen molar-refractivity contribution in [1.82, 2.24) is 15.3 Å². The van der Waals surface area contributed by atoms with Gasteiger partial charge in [-0.2, -0.15) is 23.7 Å². The molecule has 0 bridgehead atoms. The Morgan fingerprint density at radius 2 is 1.94 bits per heavy atom. The number of carbonyl (C=O) groups is 1. The van der Waals surface area contributed by atoms with Gasteiger partial charge >= 0.3 is 12.3 Å². The quantitative estimate of drug-likeness (QED) is 0.645. The Kier molecular flexibility index (Phi) is 6.02. The molecular formula is C21H17F3N6O4S. The summed E-state index contributed by atoms with van der Waals surface area (Å²) in [4.78, 5) is 20.6. The first-order chi connectivity index (χ1) is 16.5. The largest absolute Gasteiger partial charge is 0.425 e. The summed E-state index contributed by atoms with van der Waals surface area (Å²) < 4.78 is 72.5. The molecule has 2 aliphatic rings. The Balaban J connectivity index is 1.67. The van der Waals surface area contributed by atoms with Crippen molar-refractivity contribution in [3.8, 4) is 12.1 Å². The molecule has 1 aliphatic heterocycles. The zero-order valence-corrected chi connectivity index (χ0v) is 18.7. The fourth-order valence-electron chi connectivity index (χ4n) is 3.77. The van der Waals surface area contributed by atoms with Crippen LogP contribution in [0.15, 0.2) is 41.4 Å². The summed E-state index contributed by atoms with van der Waals surface area (Å²) >= 11 is 0. The molecule has 2 fully saturated rings. The first kappa shape index (κ1) is 24.2. The van der Waals surface area contributed by atoms with E-state index in [2.05, 4.69) is 15.3 Å². The first-order valence-electron chi connectivity index (χ1n) is 10.3. The lowest BCUT2D eigenvalue weighted by molar-refractivity contribution is -0.139. The average molecular weight is 506 g/mol. The molecule has 2 atom stereocenters. The number of alkyl carbamates (subject to hydrolysis) is 1. The smallest absolute Gasteiger partial charge is 0.417 e. The van der Waals surface area contributed by atoms with Crippen LogP contribution in [0.2, 0.25) is 0 Å². The number of nitrogens with one attached hydrogen (secondary N) is 1. The molecule has 1 aromatic carbocycles. The Labute approximate surface area is 197 Å². The summed E-state index contributed by atoms with van der Waals surface area (Å²) in [5, 5.41) is 19.3. The molecule has 1 amide bonds. The van der Waals surface area contributed by atoms with Gasteiger partial charge in [-0.15, -0.1) is 0 Å². The molecule has 35 heavy (non-hydrogen) atoms. The van der Waals surface area contributed by atoms with Crippen molar-refractivity contribution in [3.05, 3.63) is 47.9 Å². The molecule has 1 aliphatic carbocycles. The lowest BCUT2D eigenvalue weighted by Crippen LogP contribution is -2.42. The first-order valence-corrected chi connectivity index (χ1v) is 11.8. The predicted octanol–water partition coefficient (Wildman–Crippen LogP) is 2.53. The molecule has 4 rings (SSSR count). The lowest BCUT2D eigenvalue weighted by atomic mass is 10.2. The maximum absolute atomic E-state index is 13.5. The number of nitrogens with zero attached hydrogens (tertiary/aromatic N) is 5. The van der Waals surface area contributed by atoms with E-state index < -0.39 is 49.6 Å². The Hall–Kier alpha value is -3.91. The highest BCUT2D eigenvalue weighted by atomic mass is 32.2. The van der Waals surface area contributed by atoms with Gasteiger partial charge in [0.15, 0.2) is 16.1 Å². The molecule has 10 nitrogen and oxygen atoms in total. The molecule has 0 unspecified atom stereocenters. The molecule has 0 radical (unpaired) electrons. The number of aromatic nitrogens is 2. The normalized spacial score (nSPS) is 21.0. The Bertz CT molecular complexity index is 1350. The Morgan fingerprint density at radius 3 is 2.57 bits per heavy atom. The van der Waals surface area contributed by atoms with E-state index in [0.717, 1.165) is 12.1 Å². The number of halogens is 3. The van der Waals surface area contributed by atoms with Crippen LogP contribution in [-0.4, -0.2) is 48.0 Å². The highest BCUT2D eigenvalue weighted by Crippen LogP contribution is 2.39. The minimum absolute atomic E-state index is 0.0533. The van der Waals surface area contributed by atoms with E-state index in [1.807, 2.05) is 6.07 Å². The number of anilines is 1. The van der Waals surface area contributed by atoms with Gasteiger partial charge in [-0.25, -0.2) is 23.2 Å². The minimum atomic E-state index is -4.90. The SMILES string of the molecule is N#Cc1nccc(N2C[C@@H](S(=O)(=O)c3ccccc3C(F)(F)F)C[C@@H]2OC(=O)NC2(C#N)CC2)n1. The van der Waals surface area contributed by atoms with Crippen molar-refractivity contribution in [1.29, 1.82) is 10.5 Å². The monoisotopic (exact) mass is 506 g/mol. The van der Waals surface area contributed by atoms with Gasteiger partial charge in [0.2, 0.25) is 5.82 Å². The van der Waals surface area contributed by atoms with Crippen LogP contribution in [0.3, 0.4) is 0 Å². The van der Waals surface area contributed by atoms with Crippen molar-refractivity contribution in [3.63, 3.8) is 0 Å². The van der Waals surface area contributed by atoms with Crippen molar-refractivity contribution in [2.75, 3.05) is 11.4 Å². The molecule has 1 saturated carbocycles. The van der Waals surface area contributed by atoms with Crippen LogP contribution < -0.4 is 10.2 Å². The van der Waals surface area contributed by atoms with E-state index >= 15 is 0 Å². The second kappa shape index (κ2) is 8.70. The van der Waals surface area contributed by atoms with Crippen LogP contribution in [0, 0.1) is 22.7 Å². The number of alkyl halides is 3. The topological polar surface area (TPSA) is 149 Å². The molecule has 182 valence electrons. The van der Waals surface area contributed by atoms with Gasteiger partial charge in [-0.3, -0.25) is 0 Å². The summed E-state index contributed by atoms with van der Waals surface area (Å²) in [6, 6.07) is 8.89. The molecule has 14 heteroatoms. The zero-order valence-electron chi connectivity index (χ0n) is 17.9. The highest BCUT2D eigenvalue weighted by molar-refractivity contribution is 7.92. The van der Waals surface area contributed by atoms with Crippen molar-refractivity contribution >= 4 is 21.7 Å². The third-order valence-corrected chi connectivity index (χ3v) is 7.92. The molecular weight excluding hydrogens is 489 g/mol. The molecule has 1 saturated heterocycles. The maximum atomic E-state index is 13.5. The minimum Gasteiger partial charge on any atom is -0.425 e. The van der Waals surface area contributed by atoms with E-state index in [-0.39, 0.29) is 24.6 Å². The molecule has 1 aromatic heterocycles. The summed E-state index contributed by atoms with van der Waals surface area (Å²) in [6.07, 6.45) is -5.40. The van der Waals surface area contributed by atoms with Crippen LogP contribution in [0.5, 0.6) is 0 Å². The number of ether oxygens (including phenoxy) is 1. The van der Waals surface area contributed by atoms with Crippen LogP contribution >= 0.6 is 0 Å². The third-order valence-electron chi connectivity index (χ3n) is 5.73. The fraction of sp³-hybridized carbons (Fsp3) is 0.381. The van der Waals surface area contributed by atoms with Gasteiger partial charge in [-0.1, -0.05) is 12.1 Å².